The molecule has 0 atom stereocenters. The summed E-state index contributed by atoms with van der Waals surface area (Å²) in [6, 6.07) is 6.04. The van der Waals surface area contributed by atoms with Gasteiger partial charge in [-0.15, -0.1) is 0 Å². The zero-order chi connectivity index (χ0) is 19.6. The summed E-state index contributed by atoms with van der Waals surface area (Å²) < 4.78 is 5.53. The quantitative estimate of drug-likeness (QED) is 0.531. The largest absolute Gasteiger partial charge is 0.359 e. The number of aromatic nitrogens is 5. The highest BCUT2D eigenvalue weighted by Crippen LogP contribution is 2.39. The third-order valence-corrected chi connectivity index (χ3v) is 5.75. The van der Waals surface area contributed by atoms with Crippen molar-refractivity contribution in [1.29, 1.82) is 0 Å². The minimum absolute atomic E-state index is 0.511. The molecule has 2 aliphatic carbocycles. The van der Waals surface area contributed by atoms with E-state index in [0.29, 0.717) is 30.1 Å². The van der Waals surface area contributed by atoms with Gasteiger partial charge in [0.1, 0.15) is 5.82 Å². The lowest BCUT2D eigenvalue weighted by molar-refractivity contribution is 0.361. The molecule has 0 radical (unpaired) electrons. The molecule has 3 N–H and O–H groups in total. The maximum absolute atomic E-state index is 5.53. The van der Waals surface area contributed by atoms with Gasteiger partial charge in [-0.05, 0) is 32.6 Å². The average Bonchev–Trinajstić information content (AvgIpc) is 3.29. The second-order valence-electron chi connectivity index (χ2n) is 8.23. The number of hydrogen-bond donors (Lipinski definition) is 3. The number of hydrogen-bond acceptors (Lipinski definition) is 7. The summed E-state index contributed by atoms with van der Waals surface area (Å²) in [5, 5.41) is 18.2. The summed E-state index contributed by atoms with van der Waals surface area (Å²) in [6.45, 7) is 2.46. The molecule has 0 spiro atoms. The standard InChI is InChI=1S/C21H27N7O/c1-13-9-19(24-20-11-17(26-27-20)15-7-8-15)25-21(23-13)22-12-16-10-18(28-29-16)14-5-3-2-4-6-14/h9-11,14-15H,2-8,12H2,1H3,(H3,22,23,24,25,26,27). The summed E-state index contributed by atoms with van der Waals surface area (Å²) in [4.78, 5) is 9.04. The van der Waals surface area contributed by atoms with Gasteiger partial charge in [0.2, 0.25) is 5.95 Å². The Kier molecular flexibility index (Phi) is 4.91. The van der Waals surface area contributed by atoms with Crippen LogP contribution in [0.1, 0.15) is 79.6 Å². The number of nitrogens with one attached hydrogen (secondary N) is 3. The van der Waals surface area contributed by atoms with Gasteiger partial charge in [-0.3, -0.25) is 5.10 Å². The molecule has 8 nitrogen and oxygen atoms in total. The zero-order valence-corrected chi connectivity index (χ0v) is 16.7. The van der Waals surface area contributed by atoms with E-state index in [0.717, 1.165) is 23.0 Å². The molecular weight excluding hydrogens is 366 g/mol. The van der Waals surface area contributed by atoms with Crippen molar-refractivity contribution in [3.63, 3.8) is 0 Å². The van der Waals surface area contributed by atoms with E-state index in [9.17, 15) is 0 Å². The van der Waals surface area contributed by atoms with Gasteiger partial charge in [0, 0.05) is 41.4 Å². The van der Waals surface area contributed by atoms with Crippen LogP contribution in [-0.2, 0) is 6.54 Å². The van der Waals surface area contributed by atoms with Gasteiger partial charge in [-0.1, -0.05) is 24.4 Å². The van der Waals surface area contributed by atoms with Crippen molar-refractivity contribution in [2.75, 3.05) is 10.6 Å². The molecule has 8 heteroatoms. The Bertz CT molecular complexity index is 969. The van der Waals surface area contributed by atoms with Crippen LogP contribution in [0.15, 0.2) is 22.7 Å². The molecule has 0 amide bonds. The molecular formula is C21H27N7O. The van der Waals surface area contributed by atoms with Crippen LogP contribution >= 0.6 is 0 Å². The first-order chi connectivity index (χ1) is 14.2. The molecule has 0 aromatic carbocycles. The van der Waals surface area contributed by atoms with Crippen molar-refractivity contribution in [2.45, 2.75) is 70.3 Å². The van der Waals surface area contributed by atoms with Gasteiger partial charge in [0.15, 0.2) is 11.6 Å². The molecule has 3 aromatic heterocycles. The zero-order valence-electron chi connectivity index (χ0n) is 16.7. The number of H-pyrrole nitrogens is 1. The topological polar surface area (TPSA) is 105 Å². The number of anilines is 3. The van der Waals surface area contributed by atoms with E-state index in [-0.39, 0.29) is 0 Å². The summed E-state index contributed by atoms with van der Waals surface area (Å²) in [5.41, 5.74) is 3.15. The molecule has 152 valence electrons. The Morgan fingerprint density at radius 1 is 1.00 bits per heavy atom. The molecule has 3 heterocycles. The second kappa shape index (κ2) is 7.85. The van der Waals surface area contributed by atoms with Crippen molar-refractivity contribution >= 4 is 17.6 Å². The predicted molar refractivity (Wildman–Crippen MR) is 110 cm³/mol. The number of aromatic amines is 1. The fourth-order valence-electron chi connectivity index (χ4n) is 4.02. The smallest absolute Gasteiger partial charge is 0.225 e. The Morgan fingerprint density at radius 2 is 1.86 bits per heavy atom. The minimum atomic E-state index is 0.511. The number of aryl methyl sites for hydroxylation is 1. The van der Waals surface area contributed by atoms with Gasteiger partial charge in [0.05, 0.1) is 12.2 Å². The average molecular weight is 393 g/mol. The van der Waals surface area contributed by atoms with Crippen LogP contribution in [0.3, 0.4) is 0 Å². The highest BCUT2D eigenvalue weighted by molar-refractivity contribution is 5.54. The monoisotopic (exact) mass is 393 g/mol. The molecule has 0 unspecified atom stereocenters. The first kappa shape index (κ1) is 18.1. The third kappa shape index (κ3) is 4.41. The van der Waals surface area contributed by atoms with Crippen LogP contribution in [0.5, 0.6) is 0 Å². The molecule has 2 saturated carbocycles. The first-order valence-electron chi connectivity index (χ1n) is 10.6. The number of rotatable bonds is 7. The lowest BCUT2D eigenvalue weighted by atomic mass is 9.87. The molecule has 2 fully saturated rings. The van der Waals surface area contributed by atoms with Crippen molar-refractivity contribution in [2.24, 2.45) is 0 Å². The van der Waals surface area contributed by atoms with Gasteiger partial charge in [-0.2, -0.15) is 10.1 Å². The van der Waals surface area contributed by atoms with Gasteiger partial charge in [0.25, 0.3) is 0 Å². The van der Waals surface area contributed by atoms with E-state index < -0.39 is 0 Å². The van der Waals surface area contributed by atoms with E-state index >= 15 is 0 Å². The van der Waals surface area contributed by atoms with Crippen LogP contribution in [0.25, 0.3) is 0 Å². The summed E-state index contributed by atoms with van der Waals surface area (Å²) >= 11 is 0. The van der Waals surface area contributed by atoms with E-state index in [1.165, 1.54) is 50.6 Å². The molecule has 0 bridgehead atoms. The van der Waals surface area contributed by atoms with E-state index in [4.69, 9.17) is 4.52 Å². The van der Waals surface area contributed by atoms with Crippen molar-refractivity contribution in [3.8, 4) is 0 Å². The van der Waals surface area contributed by atoms with Gasteiger partial charge in [-0.25, -0.2) is 4.98 Å². The summed E-state index contributed by atoms with van der Waals surface area (Å²) in [6.07, 6.45) is 8.82. The predicted octanol–water partition coefficient (Wildman–Crippen LogP) is 4.78. The van der Waals surface area contributed by atoms with E-state index in [2.05, 4.69) is 48.1 Å². The Balaban J connectivity index is 1.22. The molecule has 0 aliphatic heterocycles. The van der Waals surface area contributed by atoms with Crippen LogP contribution in [-0.4, -0.2) is 25.3 Å². The highest BCUT2D eigenvalue weighted by Gasteiger charge is 2.25. The Labute approximate surface area is 169 Å². The summed E-state index contributed by atoms with van der Waals surface area (Å²) in [5.74, 6) is 4.05. The SMILES string of the molecule is Cc1cc(Nc2cc(C3CC3)[nH]n2)nc(NCc2cc(C3CCCCC3)no2)n1. The molecule has 0 saturated heterocycles. The van der Waals surface area contributed by atoms with Gasteiger partial charge >= 0.3 is 0 Å². The maximum atomic E-state index is 5.53. The summed E-state index contributed by atoms with van der Waals surface area (Å²) in [7, 11) is 0. The van der Waals surface area contributed by atoms with E-state index in [1.807, 2.05) is 13.0 Å². The van der Waals surface area contributed by atoms with Crippen LogP contribution < -0.4 is 10.6 Å². The Hall–Kier alpha value is -2.90. The lowest BCUT2D eigenvalue weighted by Crippen LogP contribution is -2.06. The number of nitrogens with zero attached hydrogens (tertiary/aromatic N) is 4. The van der Waals surface area contributed by atoms with E-state index in [1.54, 1.807) is 0 Å². The molecule has 29 heavy (non-hydrogen) atoms. The molecule has 2 aliphatic rings. The second-order valence-corrected chi connectivity index (χ2v) is 8.23. The van der Waals surface area contributed by atoms with Crippen molar-refractivity contribution in [3.05, 3.63) is 41.0 Å². The fraction of sp³-hybridized carbons (Fsp3) is 0.524. The van der Waals surface area contributed by atoms with Crippen molar-refractivity contribution in [1.82, 2.24) is 25.3 Å². The first-order valence-corrected chi connectivity index (χ1v) is 10.6. The third-order valence-electron chi connectivity index (χ3n) is 5.75. The molecule has 3 aromatic rings. The fourth-order valence-corrected chi connectivity index (χ4v) is 4.02. The van der Waals surface area contributed by atoms with Crippen LogP contribution in [0, 0.1) is 6.92 Å². The van der Waals surface area contributed by atoms with Crippen LogP contribution in [0.4, 0.5) is 17.6 Å². The van der Waals surface area contributed by atoms with Gasteiger partial charge < -0.3 is 15.2 Å². The normalized spacial score (nSPS) is 17.4. The Morgan fingerprint density at radius 3 is 2.69 bits per heavy atom. The highest BCUT2D eigenvalue weighted by atomic mass is 16.5. The minimum Gasteiger partial charge on any atom is -0.359 e. The molecule has 5 rings (SSSR count). The van der Waals surface area contributed by atoms with Crippen molar-refractivity contribution < 1.29 is 4.52 Å². The lowest BCUT2D eigenvalue weighted by Gasteiger charge is -2.18. The maximum Gasteiger partial charge on any atom is 0.225 e. The van der Waals surface area contributed by atoms with Crippen LogP contribution in [0.2, 0.25) is 0 Å².